The fourth-order valence-corrected chi connectivity index (χ4v) is 2.24. The average molecular weight is 341 g/mol. The number of nitrogens with two attached hydrogens (primary N) is 1. The number of benzene rings is 1. The Labute approximate surface area is 145 Å². The second kappa shape index (κ2) is 7.63. The number of ether oxygens (including phenoxy) is 3. The first-order chi connectivity index (χ1) is 12.2. The summed E-state index contributed by atoms with van der Waals surface area (Å²) in [5, 5.41) is 4.36. The van der Waals surface area contributed by atoms with Crippen LogP contribution in [0.5, 0.6) is 17.6 Å². The highest BCUT2D eigenvalue weighted by molar-refractivity contribution is 5.59. The molecule has 0 saturated heterocycles. The lowest BCUT2D eigenvalue weighted by molar-refractivity contribution is 0.328. The van der Waals surface area contributed by atoms with Crippen molar-refractivity contribution in [2.45, 2.75) is 0 Å². The summed E-state index contributed by atoms with van der Waals surface area (Å²) in [7, 11) is 3.10. The van der Waals surface area contributed by atoms with Crippen molar-refractivity contribution in [3.63, 3.8) is 0 Å². The van der Waals surface area contributed by atoms with Gasteiger partial charge in [0.25, 0.3) is 0 Å². The smallest absolute Gasteiger partial charge is 0.336 e. The molecule has 0 bridgehead atoms. The maximum Gasteiger partial charge on any atom is 0.336 e. The van der Waals surface area contributed by atoms with Gasteiger partial charge < -0.3 is 19.9 Å². The molecule has 2 heterocycles. The third-order valence-corrected chi connectivity index (χ3v) is 3.44. The Morgan fingerprint density at radius 1 is 1.04 bits per heavy atom. The van der Waals surface area contributed by atoms with E-state index >= 15 is 0 Å². The summed E-state index contributed by atoms with van der Waals surface area (Å²) >= 11 is 0. The highest BCUT2D eigenvalue weighted by atomic mass is 16.5. The second-order valence-corrected chi connectivity index (χ2v) is 5.05. The molecule has 0 saturated carbocycles. The van der Waals surface area contributed by atoms with Gasteiger partial charge in [-0.1, -0.05) is 0 Å². The van der Waals surface area contributed by atoms with Gasteiger partial charge in [-0.15, -0.1) is 5.10 Å². The van der Waals surface area contributed by atoms with Gasteiger partial charge >= 0.3 is 6.01 Å². The van der Waals surface area contributed by atoms with Gasteiger partial charge in [-0.3, -0.25) is 0 Å². The predicted octanol–water partition coefficient (Wildman–Crippen LogP) is 1.68. The van der Waals surface area contributed by atoms with E-state index in [0.717, 1.165) is 17.0 Å². The summed E-state index contributed by atoms with van der Waals surface area (Å²) in [5.41, 5.74) is 7.06. The molecule has 0 fully saturated rings. The highest BCUT2D eigenvalue weighted by Gasteiger charge is 2.14. The first-order valence-electron chi connectivity index (χ1n) is 7.70. The van der Waals surface area contributed by atoms with E-state index in [1.807, 2.05) is 30.3 Å². The van der Waals surface area contributed by atoms with Crippen LogP contribution >= 0.6 is 0 Å². The summed E-state index contributed by atoms with van der Waals surface area (Å²) in [4.78, 5) is 8.63. The zero-order valence-electron chi connectivity index (χ0n) is 14.0. The van der Waals surface area contributed by atoms with E-state index in [4.69, 9.17) is 19.9 Å². The Balaban J connectivity index is 1.96. The van der Waals surface area contributed by atoms with Crippen LogP contribution in [0.25, 0.3) is 17.1 Å². The summed E-state index contributed by atoms with van der Waals surface area (Å²) < 4.78 is 17.4. The van der Waals surface area contributed by atoms with Crippen molar-refractivity contribution < 1.29 is 14.2 Å². The van der Waals surface area contributed by atoms with Crippen molar-refractivity contribution in [1.29, 1.82) is 0 Å². The van der Waals surface area contributed by atoms with E-state index in [2.05, 4.69) is 15.1 Å². The van der Waals surface area contributed by atoms with Crippen LogP contribution in [0.1, 0.15) is 0 Å². The average Bonchev–Trinajstić information content (AvgIpc) is 3.11. The number of rotatable bonds is 7. The van der Waals surface area contributed by atoms with E-state index in [1.165, 1.54) is 7.11 Å². The zero-order chi connectivity index (χ0) is 17.6. The van der Waals surface area contributed by atoms with Gasteiger partial charge in [0.05, 0.1) is 26.1 Å². The van der Waals surface area contributed by atoms with E-state index in [1.54, 1.807) is 24.1 Å². The van der Waals surface area contributed by atoms with Crippen molar-refractivity contribution in [2.75, 3.05) is 27.4 Å². The molecule has 130 valence electrons. The third kappa shape index (κ3) is 3.69. The fraction of sp³-hybridized carbons (Fsp3) is 0.235. The van der Waals surface area contributed by atoms with Crippen LogP contribution in [0.2, 0.25) is 0 Å². The van der Waals surface area contributed by atoms with Crippen molar-refractivity contribution in [3.05, 3.63) is 42.6 Å². The van der Waals surface area contributed by atoms with Gasteiger partial charge in [-0.25, -0.2) is 9.67 Å². The monoisotopic (exact) mass is 341 g/mol. The minimum Gasteiger partial charge on any atom is -0.492 e. The topological polar surface area (TPSA) is 97.3 Å². The van der Waals surface area contributed by atoms with E-state index in [0.29, 0.717) is 24.9 Å². The molecular weight excluding hydrogens is 322 g/mol. The lowest BCUT2D eigenvalue weighted by Gasteiger charge is -2.08. The van der Waals surface area contributed by atoms with Crippen LogP contribution < -0.4 is 19.9 Å². The maximum atomic E-state index is 5.50. The van der Waals surface area contributed by atoms with Gasteiger partial charge in [0, 0.05) is 18.2 Å². The minimum absolute atomic E-state index is 0.272. The lowest BCUT2D eigenvalue weighted by atomic mass is 10.2. The van der Waals surface area contributed by atoms with E-state index < -0.39 is 0 Å². The van der Waals surface area contributed by atoms with Crippen LogP contribution in [-0.2, 0) is 0 Å². The number of hydrogen-bond donors (Lipinski definition) is 1. The van der Waals surface area contributed by atoms with Crippen molar-refractivity contribution >= 4 is 0 Å². The Morgan fingerprint density at radius 2 is 1.84 bits per heavy atom. The number of pyridine rings is 1. The van der Waals surface area contributed by atoms with Crippen LogP contribution in [0.3, 0.4) is 0 Å². The Bertz CT molecular complexity index is 815. The summed E-state index contributed by atoms with van der Waals surface area (Å²) in [6, 6.07) is 11.4. The first kappa shape index (κ1) is 16.7. The fourth-order valence-electron chi connectivity index (χ4n) is 2.24. The first-order valence-corrected chi connectivity index (χ1v) is 7.70. The molecule has 8 heteroatoms. The standard InChI is InChI=1S/C17H19N5O3/c1-23-15-8-5-13(11-19-15)22-16(20-17(21-22)24-2)12-3-6-14(7-4-12)25-10-9-18/h3-8,11H,9-10,18H2,1-2H3. The molecule has 0 atom stereocenters. The number of nitrogens with zero attached hydrogens (tertiary/aromatic N) is 4. The van der Waals surface area contributed by atoms with Crippen LogP contribution in [0.15, 0.2) is 42.6 Å². The molecule has 2 aromatic heterocycles. The molecule has 0 unspecified atom stereocenters. The molecule has 2 N–H and O–H groups in total. The quantitative estimate of drug-likeness (QED) is 0.698. The number of hydrogen-bond acceptors (Lipinski definition) is 7. The molecule has 0 amide bonds. The minimum atomic E-state index is 0.272. The lowest BCUT2D eigenvalue weighted by Crippen LogP contribution is -2.10. The Hall–Kier alpha value is -3.13. The van der Waals surface area contributed by atoms with Gasteiger partial charge in [-0.05, 0) is 30.3 Å². The second-order valence-electron chi connectivity index (χ2n) is 5.05. The SMILES string of the molecule is COc1ccc(-n2nc(OC)nc2-c2ccc(OCCN)cc2)cn1. The van der Waals surface area contributed by atoms with E-state index in [9.17, 15) is 0 Å². The molecule has 0 aliphatic heterocycles. The largest absolute Gasteiger partial charge is 0.492 e. The van der Waals surface area contributed by atoms with Gasteiger partial charge in [0.2, 0.25) is 5.88 Å². The molecular formula is C17H19N5O3. The van der Waals surface area contributed by atoms with Gasteiger partial charge in [0.1, 0.15) is 12.4 Å². The predicted molar refractivity (Wildman–Crippen MR) is 92.2 cm³/mol. The molecule has 0 aliphatic carbocycles. The number of methoxy groups -OCH3 is 2. The molecule has 3 aromatic rings. The normalized spacial score (nSPS) is 10.5. The third-order valence-electron chi connectivity index (χ3n) is 3.44. The molecule has 0 radical (unpaired) electrons. The Morgan fingerprint density at radius 3 is 2.44 bits per heavy atom. The molecule has 3 rings (SSSR count). The molecule has 25 heavy (non-hydrogen) atoms. The number of aromatic nitrogens is 4. The van der Waals surface area contributed by atoms with Gasteiger partial charge in [-0.2, -0.15) is 4.98 Å². The van der Waals surface area contributed by atoms with Crippen molar-refractivity contribution in [1.82, 2.24) is 19.7 Å². The molecule has 1 aromatic carbocycles. The molecule has 0 aliphatic rings. The van der Waals surface area contributed by atoms with Crippen LogP contribution in [-0.4, -0.2) is 47.1 Å². The van der Waals surface area contributed by atoms with E-state index in [-0.39, 0.29) is 6.01 Å². The summed E-state index contributed by atoms with van der Waals surface area (Å²) in [6.07, 6.45) is 1.66. The van der Waals surface area contributed by atoms with Crippen molar-refractivity contribution in [3.8, 4) is 34.7 Å². The van der Waals surface area contributed by atoms with Crippen LogP contribution in [0, 0.1) is 0 Å². The van der Waals surface area contributed by atoms with Crippen molar-refractivity contribution in [2.24, 2.45) is 5.73 Å². The molecule has 8 nitrogen and oxygen atoms in total. The maximum absolute atomic E-state index is 5.50. The van der Waals surface area contributed by atoms with Crippen LogP contribution in [0.4, 0.5) is 0 Å². The summed E-state index contributed by atoms with van der Waals surface area (Å²) in [5.74, 6) is 1.91. The zero-order valence-corrected chi connectivity index (χ0v) is 14.0. The molecule has 0 spiro atoms. The summed E-state index contributed by atoms with van der Waals surface area (Å²) in [6.45, 7) is 0.943. The Kier molecular flexibility index (Phi) is 5.10. The van der Waals surface area contributed by atoms with Gasteiger partial charge in [0.15, 0.2) is 5.82 Å². The highest BCUT2D eigenvalue weighted by Crippen LogP contribution is 2.25.